The zero-order valence-corrected chi connectivity index (χ0v) is 11.5. The minimum Gasteiger partial charge on any atom is -0.417 e. The fourth-order valence-corrected chi connectivity index (χ4v) is 3.05. The lowest BCUT2D eigenvalue weighted by Crippen LogP contribution is -2.19. The van der Waals surface area contributed by atoms with Gasteiger partial charge in [0.1, 0.15) is 11.5 Å². The summed E-state index contributed by atoms with van der Waals surface area (Å²) in [6, 6.07) is 12.0. The van der Waals surface area contributed by atoms with Crippen LogP contribution in [0.5, 0.6) is 11.5 Å². The molecule has 0 spiro atoms. The van der Waals surface area contributed by atoms with Crippen molar-refractivity contribution in [1.29, 1.82) is 0 Å². The van der Waals surface area contributed by atoms with Gasteiger partial charge in [-0.15, -0.1) is 0 Å². The van der Waals surface area contributed by atoms with Crippen molar-refractivity contribution in [2.75, 3.05) is 0 Å². The third-order valence-electron chi connectivity index (χ3n) is 2.52. The Kier molecular flexibility index (Phi) is 2.69. The molecule has 2 aromatic carbocycles. The zero-order valence-electron chi connectivity index (χ0n) is 10.6. The molecule has 2 aromatic rings. The summed E-state index contributed by atoms with van der Waals surface area (Å²) in [5.41, 5.74) is -0.286. The third-order valence-corrected chi connectivity index (χ3v) is 3.91. The van der Waals surface area contributed by atoms with Gasteiger partial charge in [0.05, 0.1) is 11.0 Å². The minimum atomic E-state index is -1.37. The fraction of sp³-hybridized carbons (Fsp3) is 0.286. The second-order valence-corrected chi connectivity index (χ2v) is 6.22. The summed E-state index contributed by atoms with van der Waals surface area (Å²) in [6.45, 7) is 5.97. The average molecular weight is 262 g/mol. The van der Waals surface area contributed by atoms with Crippen molar-refractivity contribution in [1.82, 2.24) is 0 Å². The van der Waals surface area contributed by atoms with E-state index in [1.807, 2.05) is 57.2 Å². The quantitative estimate of drug-likeness (QED) is 0.700. The maximum absolute atomic E-state index is 5.80. The van der Waals surface area contributed by atoms with E-state index in [0.29, 0.717) is 0 Å². The summed E-state index contributed by atoms with van der Waals surface area (Å²) >= 11 is 0. The third kappa shape index (κ3) is 2.16. The summed E-state index contributed by atoms with van der Waals surface area (Å²) in [4.78, 5) is 0. The molecule has 0 N–H and O–H groups in total. The van der Waals surface area contributed by atoms with Gasteiger partial charge in [-0.3, -0.25) is 4.52 Å². The highest BCUT2D eigenvalue weighted by Gasteiger charge is 2.30. The van der Waals surface area contributed by atoms with Crippen LogP contribution < -0.4 is 9.05 Å². The molecule has 1 heterocycles. The molecule has 0 atom stereocenters. The van der Waals surface area contributed by atoms with Crippen molar-refractivity contribution in [3.05, 3.63) is 36.4 Å². The number of benzene rings is 2. The van der Waals surface area contributed by atoms with E-state index in [9.17, 15) is 0 Å². The lowest BCUT2D eigenvalue weighted by Gasteiger charge is -2.29. The van der Waals surface area contributed by atoms with Gasteiger partial charge in [-0.2, -0.15) is 0 Å². The monoisotopic (exact) mass is 262 g/mol. The molecule has 0 saturated heterocycles. The molecule has 1 aliphatic heterocycles. The maximum Gasteiger partial charge on any atom is 0.463 e. The normalized spacial score (nSPS) is 15.3. The van der Waals surface area contributed by atoms with Crippen LogP contribution in [0, 0.1) is 0 Å². The first-order valence-electron chi connectivity index (χ1n) is 5.90. The van der Waals surface area contributed by atoms with Crippen LogP contribution in [-0.4, -0.2) is 5.60 Å². The topological polar surface area (TPSA) is 27.7 Å². The van der Waals surface area contributed by atoms with Gasteiger partial charge in [-0.1, -0.05) is 24.3 Å². The summed E-state index contributed by atoms with van der Waals surface area (Å²) in [7, 11) is -1.37. The number of hydrogen-bond acceptors (Lipinski definition) is 3. The highest BCUT2D eigenvalue weighted by molar-refractivity contribution is 7.42. The Morgan fingerprint density at radius 3 is 2.00 bits per heavy atom. The van der Waals surface area contributed by atoms with Crippen molar-refractivity contribution in [2.45, 2.75) is 26.4 Å². The van der Waals surface area contributed by atoms with Gasteiger partial charge in [0, 0.05) is 0 Å². The Balaban J connectivity index is 2.01. The van der Waals surface area contributed by atoms with Crippen LogP contribution in [0.1, 0.15) is 20.8 Å². The van der Waals surface area contributed by atoms with E-state index in [-0.39, 0.29) is 5.60 Å². The van der Waals surface area contributed by atoms with Gasteiger partial charge in [0.15, 0.2) is 0 Å². The Hall–Kier alpha value is -1.31. The molecule has 0 amide bonds. The SMILES string of the molecule is CC(C)(C)OP1Oc2cccc3cccc(c23)O1. The van der Waals surface area contributed by atoms with Crippen molar-refractivity contribution >= 4 is 19.4 Å². The van der Waals surface area contributed by atoms with Crippen LogP contribution >= 0.6 is 8.60 Å². The Morgan fingerprint density at radius 1 is 0.944 bits per heavy atom. The highest BCUT2D eigenvalue weighted by atomic mass is 31.2. The van der Waals surface area contributed by atoms with E-state index in [2.05, 4.69) is 0 Å². The lowest BCUT2D eigenvalue weighted by molar-refractivity contribution is 0.114. The summed E-state index contributed by atoms with van der Waals surface area (Å²) in [5, 5.41) is 2.15. The number of hydrogen-bond donors (Lipinski definition) is 0. The van der Waals surface area contributed by atoms with E-state index in [1.165, 1.54) is 0 Å². The molecule has 94 valence electrons. The van der Waals surface area contributed by atoms with E-state index in [0.717, 1.165) is 22.3 Å². The summed E-state index contributed by atoms with van der Waals surface area (Å²) in [6.07, 6.45) is 0. The van der Waals surface area contributed by atoms with E-state index >= 15 is 0 Å². The highest BCUT2D eigenvalue weighted by Crippen LogP contribution is 2.53. The molecule has 4 heteroatoms. The molecular formula is C14H15O3P. The van der Waals surface area contributed by atoms with E-state index in [4.69, 9.17) is 13.6 Å². The Morgan fingerprint density at radius 2 is 1.50 bits per heavy atom. The molecular weight excluding hydrogens is 247 g/mol. The van der Waals surface area contributed by atoms with Gasteiger partial charge in [-0.05, 0) is 38.3 Å². The molecule has 18 heavy (non-hydrogen) atoms. The molecule has 0 radical (unpaired) electrons. The molecule has 1 aliphatic rings. The molecule has 0 unspecified atom stereocenters. The van der Waals surface area contributed by atoms with Crippen LogP contribution in [0.4, 0.5) is 0 Å². The van der Waals surface area contributed by atoms with Crippen LogP contribution in [0.3, 0.4) is 0 Å². The largest absolute Gasteiger partial charge is 0.463 e. The second kappa shape index (κ2) is 4.11. The first-order chi connectivity index (χ1) is 8.53. The molecule has 0 saturated carbocycles. The van der Waals surface area contributed by atoms with Crippen LogP contribution in [-0.2, 0) is 4.52 Å². The standard InChI is InChI=1S/C14H15O3P/c1-14(2,3)17-18-15-11-8-4-6-10-7-5-9-12(16-18)13(10)11/h4-9H,1-3H3. The predicted octanol–water partition coefficient (Wildman–Crippen LogP) is 4.65. The van der Waals surface area contributed by atoms with Gasteiger partial charge < -0.3 is 9.05 Å². The van der Waals surface area contributed by atoms with Crippen molar-refractivity contribution in [3.63, 3.8) is 0 Å². The lowest BCUT2D eigenvalue weighted by atomic mass is 10.1. The second-order valence-electron chi connectivity index (χ2n) is 5.22. The molecule has 3 nitrogen and oxygen atoms in total. The van der Waals surface area contributed by atoms with Crippen molar-refractivity contribution in [2.24, 2.45) is 0 Å². The first-order valence-corrected chi connectivity index (χ1v) is 6.99. The molecule has 3 rings (SSSR count). The molecule has 0 aromatic heterocycles. The van der Waals surface area contributed by atoms with Gasteiger partial charge in [0.2, 0.25) is 0 Å². The smallest absolute Gasteiger partial charge is 0.417 e. The Bertz CT molecular complexity index is 548. The first kappa shape index (κ1) is 11.8. The van der Waals surface area contributed by atoms with Crippen molar-refractivity contribution < 1.29 is 13.6 Å². The predicted molar refractivity (Wildman–Crippen MR) is 73.0 cm³/mol. The Labute approximate surface area is 108 Å². The van der Waals surface area contributed by atoms with Gasteiger partial charge in [-0.25, -0.2) is 0 Å². The van der Waals surface area contributed by atoms with E-state index in [1.54, 1.807) is 0 Å². The van der Waals surface area contributed by atoms with Crippen LogP contribution in [0.15, 0.2) is 36.4 Å². The molecule has 0 bridgehead atoms. The summed E-state index contributed by atoms with van der Waals surface area (Å²) in [5.74, 6) is 1.68. The molecule has 0 fully saturated rings. The van der Waals surface area contributed by atoms with E-state index < -0.39 is 8.60 Å². The van der Waals surface area contributed by atoms with Crippen molar-refractivity contribution in [3.8, 4) is 11.5 Å². The zero-order chi connectivity index (χ0) is 12.8. The minimum absolute atomic E-state index is 0.286. The van der Waals surface area contributed by atoms with Gasteiger partial charge >= 0.3 is 8.60 Å². The number of rotatable bonds is 1. The fourth-order valence-electron chi connectivity index (χ4n) is 1.87. The van der Waals surface area contributed by atoms with Crippen LogP contribution in [0.25, 0.3) is 10.8 Å². The molecule has 0 aliphatic carbocycles. The average Bonchev–Trinajstić information content (AvgIpc) is 2.27. The maximum atomic E-state index is 5.80. The summed E-state index contributed by atoms with van der Waals surface area (Å²) < 4.78 is 17.4. The van der Waals surface area contributed by atoms with Gasteiger partial charge in [0.25, 0.3) is 0 Å². The van der Waals surface area contributed by atoms with Crippen LogP contribution in [0.2, 0.25) is 0 Å².